The van der Waals surface area contributed by atoms with Crippen LogP contribution < -0.4 is 5.32 Å². The van der Waals surface area contributed by atoms with E-state index >= 15 is 0 Å². The van der Waals surface area contributed by atoms with Crippen LogP contribution in [0, 0.1) is 5.82 Å². The fraction of sp³-hybridized carbons (Fsp3) is 0.222. The van der Waals surface area contributed by atoms with E-state index in [0.717, 1.165) is 42.0 Å². The molecule has 3 rings (SSSR count). The molecule has 4 nitrogen and oxygen atoms in total. The largest absolute Gasteiger partial charge is 0.384 e. The highest BCUT2D eigenvalue weighted by atomic mass is 19.1. The van der Waals surface area contributed by atoms with E-state index in [1.54, 1.807) is 12.4 Å². The minimum atomic E-state index is -0.236. The van der Waals surface area contributed by atoms with Crippen LogP contribution in [0.5, 0.6) is 0 Å². The van der Waals surface area contributed by atoms with Crippen LogP contribution >= 0.6 is 0 Å². The first kappa shape index (κ1) is 15.2. The number of benzene rings is 2. The molecule has 0 radical (unpaired) electrons. The van der Waals surface area contributed by atoms with Crippen molar-refractivity contribution in [1.29, 1.82) is 0 Å². The Labute approximate surface area is 135 Å². The lowest BCUT2D eigenvalue weighted by atomic mass is 10.0. The molecule has 3 aromatic rings. The molecule has 0 atom stereocenters. The third kappa shape index (κ3) is 3.74. The summed E-state index contributed by atoms with van der Waals surface area (Å²) in [6, 6.07) is 14.8. The number of aromatic nitrogens is 3. The SMILES string of the molecule is Cn1cnnc1CCCNc1cc(F)ccc1-c1ccccc1. The molecule has 0 saturated carbocycles. The summed E-state index contributed by atoms with van der Waals surface area (Å²) < 4.78 is 15.5. The molecule has 0 aliphatic heterocycles. The van der Waals surface area contributed by atoms with Crippen molar-refractivity contribution in [3.05, 3.63) is 66.5 Å². The van der Waals surface area contributed by atoms with Crippen molar-refractivity contribution in [1.82, 2.24) is 14.8 Å². The quantitative estimate of drug-likeness (QED) is 0.707. The van der Waals surface area contributed by atoms with Crippen molar-refractivity contribution in [3.8, 4) is 11.1 Å². The number of hydrogen-bond donors (Lipinski definition) is 1. The second-order valence-electron chi connectivity index (χ2n) is 5.44. The van der Waals surface area contributed by atoms with Crippen molar-refractivity contribution in [2.45, 2.75) is 12.8 Å². The van der Waals surface area contributed by atoms with E-state index in [9.17, 15) is 4.39 Å². The van der Waals surface area contributed by atoms with Gasteiger partial charge in [-0.3, -0.25) is 0 Å². The molecular weight excluding hydrogens is 291 g/mol. The second-order valence-corrected chi connectivity index (χ2v) is 5.44. The van der Waals surface area contributed by atoms with Crippen molar-refractivity contribution < 1.29 is 4.39 Å². The highest BCUT2D eigenvalue weighted by Crippen LogP contribution is 2.28. The van der Waals surface area contributed by atoms with Crippen LogP contribution in [0.15, 0.2) is 54.9 Å². The topological polar surface area (TPSA) is 42.7 Å². The number of anilines is 1. The molecule has 0 saturated heterocycles. The molecule has 0 aliphatic carbocycles. The molecule has 0 amide bonds. The van der Waals surface area contributed by atoms with Crippen LogP contribution in [-0.2, 0) is 13.5 Å². The zero-order valence-electron chi connectivity index (χ0n) is 13.0. The Balaban J connectivity index is 1.67. The van der Waals surface area contributed by atoms with Gasteiger partial charge in [0, 0.05) is 31.3 Å². The number of nitrogens with zero attached hydrogens (tertiary/aromatic N) is 3. The molecule has 2 aromatic carbocycles. The van der Waals surface area contributed by atoms with Gasteiger partial charge in [0.1, 0.15) is 18.0 Å². The van der Waals surface area contributed by atoms with Gasteiger partial charge in [-0.25, -0.2) is 4.39 Å². The lowest BCUT2D eigenvalue weighted by Gasteiger charge is -2.12. The highest BCUT2D eigenvalue weighted by Gasteiger charge is 2.06. The Morgan fingerprint density at radius 3 is 2.70 bits per heavy atom. The lowest BCUT2D eigenvalue weighted by molar-refractivity contribution is 0.628. The maximum Gasteiger partial charge on any atom is 0.132 e. The first-order valence-corrected chi connectivity index (χ1v) is 7.66. The van der Waals surface area contributed by atoms with E-state index in [0.29, 0.717) is 0 Å². The molecule has 1 heterocycles. The average Bonchev–Trinajstić information content (AvgIpc) is 2.98. The van der Waals surface area contributed by atoms with Crippen molar-refractivity contribution in [3.63, 3.8) is 0 Å². The van der Waals surface area contributed by atoms with E-state index in [-0.39, 0.29) is 5.82 Å². The third-order valence-corrected chi connectivity index (χ3v) is 3.76. The van der Waals surface area contributed by atoms with Gasteiger partial charge in [-0.1, -0.05) is 30.3 Å². The fourth-order valence-corrected chi connectivity index (χ4v) is 2.54. The summed E-state index contributed by atoms with van der Waals surface area (Å²) in [6.07, 6.45) is 3.43. The Morgan fingerprint density at radius 1 is 1.13 bits per heavy atom. The van der Waals surface area contributed by atoms with E-state index in [4.69, 9.17) is 0 Å². The fourth-order valence-electron chi connectivity index (χ4n) is 2.54. The van der Waals surface area contributed by atoms with Crippen molar-refractivity contribution in [2.24, 2.45) is 7.05 Å². The summed E-state index contributed by atoms with van der Waals surface area (Å²) in [5.74, 6) is 0.717. The van der Waals surface area contributed by atoms with Gasteiger partial charge in [0.2, 0.25) is 0 Å². The summed E-state index contributed by atoms with van der Waals surface area (Å²) in [7, 11) is 1.93. The van der Waals surface area contributed by atoms with E-state index < -0.39 is 0 Å². The van der Waals surface area contributed by atoms with Gasteiger partial charge in [-0.2, -0.15) is 0 Å². The van der Waals surface area contributed by atoms with Crippen molar-refractivity contribution >= 4 is 5.69 Å². The average molecular weight is 310 g/mol. The zero-order chi connectivity index (χ0) is 16.1. The van der Waals surface area contributed by atoms with Crippen LogP contribution in [0.3, 0.4) is 0 Å². The predicted molar refractivity (Wildman–Crippen MR) is 89.6 cm³/mol. The summed E-state index contributed by atoms with van der Waals surface area (Å²) in [6.45, 7) is 0.746. The maximum atomic E-state index is 13.6. The Morgan fingerprint density at radius 2 is 1.96 bits per heavy atom. The standard InChI is InChI=1S/C18H19FN4/c1-23-13-21-22-18(23)8-5-11-20-17-12-15(19)9-10-16(17)14-6-3-2-4-7-14/h2-4,6-7,9-10,12-13,20H,5,8,11H2,1H3. The molecule has 23 heavy (non-hydrogen) atoms. The Bertz CT molecular complexity index is 768. The Kier molecular flexibility index (Phi) is 4.66. The molecular formula is C18H19FN4. The van der Waals surface area contributed by atoms with Crippen LogP contribution in [0.1, 0.15) is 12.2 Å². The smallest absolute Gasteiger partial charge is 0.132 e. The minimum absolute atomic E-state index is 0.236. The number of nitrogens with one attached hydrogen (secondary N) is 1. The molecule has 0 bridgehead atoms. The second kappa shape index (κ2) is 7.05. The minimum Gasteiger partial charge on any atom is -0.384 e. The van der Waals surface area contributed by atoms with Crippen LogP contribution in [0.2, 0.25) is 0 Å². The zero-order valence-corrected chi connectivity index (χ0v) is 13.0. The summed E-state index contributed by atoms with van der Waals surface area (Å²) >= 11 is 0. The van der Waals surface area contributed by atoms with Gasteiger partial charge in [0.05, 0.1) is 0 Å². The predicted octanol–water partition coefficient (Wildman–Crippen LogP) is 3.67. The van der Waals surface area contributed by atoms with Gasteiger partial charge >= 0.3 is 0 Å². The monoisotopic (exact) mass is 310 g/mol. The molecule has 5 heteroatoms. The van der Waals surface area contributed by atoms with Crippen LogP contribution in [0.25, 0.3) is 11.1 Å². The van der Waals surface area contributed by atoms with Gasteiger partial charge in [-0.05, 0) is 30.2 Å². The summed E-state index contributed by atoms with van der Waals surface area (Å²) in [5.41, 5.74) is 2.89. The number of hydrogen-bond acceptors (Lipinski definition) is 3. The van der Waals surface area contributed by atoms with E-state index in [1.165, 1.54) is 6.07 Å². The van der Waals surface area contributed by atoms with Crippen LogP contribution in [0.4, 0.5) is 10.1 Å². The highest BCUT2D eigenvalue weighted by molar-refractivity contribution is 5.77. The summed E-state index contributed by atoms with van der Waals surface area (Å²) in [4.78, 5) is 0. The normalized spacial score (nSPS) is 10.7. The molecule has 0 spiro atoms. The van der Waals surface area contributed by atoms with E-state index in [2.05, 4.69) is 15.5 Å². The van der Waals surface area contributed by atoms with Gasteiger partial charge < -0.3 is 9.88 Å². The van der Waals surface area contributed by atoms with Gasteiger partial charge in [0.15, 0.2) is 0 Å². The van der Waals surface area contributed by atoms with Gasteiger partial charge in [-0.15, -0.1) is 10.2 Å². The maximum absolute atomic E-state index is 13.6. The molecule has 1 N–H and O–H groups in total. The molecule has 0 unspecified atom stereocenters. The molecule has 1 aromatic heterocycles. The summed E-state index contributed by atoms with van der Waals surface area (Å²) in [5, 5.41) is 11.3. The van der Waals surface area contributed by atoms with Crippen LogP contribution in [-0.4, -0.2) is 21.3 Å². The van der Waals surface area contributed by atoms with Crippen molar-refractivity contribution in [2.75, 3.05) is 11.9 Å². The number of halogens is 1. The first-order chi connectivity index (χ1) is 11.2. The van der Waals surface area contributed by atoms with E-state index in [1.807, 2.05) is 48.0 Å². The number of aryl methyl sites for hydroxylation is 2. The first-order valence-electron chi connectivity index (χ1n) is 7.66. The molecule has 118 valence electrons. The molecule has 0 aliphatic rings. The number of rotatable bonds is 6. The molecule has 0 fully saturated rings. The van der Waals surface area contributed by atoms with Gasteiger partial charge in [0.25, 0.3) is 0 Å². The lowest BCUT2D eigenvalue weighted by Crippen LogP contribution is -2.06. The Hall–Kier alpha value is -2.69. The third-order valence-electron chi connectivity index (χ3n) is 3.76.